The maximum atomic E-state index is 2.63. The molecule has 0 unspecified atom stereocenters. The summed E-state index contributed by atoms with van der Waals surface area (Å²) in [6.45, 7) is 0. The molecule has 0 fully saturated rings. The Hall–Kier alpha value is -4.63. The summed E-state index contributed by atoms with van der Waals surface area (Å²) < 4.78 is 0. The van der Waals surface area contributed by atoms with E-state index in [2.05, 4.69) is 181 Å². The molecule has 0 nitrogen and oxygen atoms in total. The Morgan fingerprint density at radius 2 is 0.571 bits per heavy atom. The van der Waals surface area contributed by atoms with Crippen LogP contribution in [0.3, 0.4) is 0 Å². The zero-order chi connectivity index (χ0) is 28.2. The summed E-state index contributed by atoms with van der Waals surface area (Å²) in [5, 5.41) is 2.83. The van der Waals surface area contributed by atoms with Gasteiger partial charge >= 0.3 is 255 Å². The third-order valence-corrected chi connectivity index (χ3v) is 14.7. The molecule has 0 spiro atoms. The molecule has 0 saturated carbocycles. The average molecular weight is 572 g/mol. The van der Waals surface area contributed by atoms with E-state index in [1.165, 1.54) is 53.6 Å². The van der Waals surface area contributed by atoms with Crippen molar-refractivity contribution >= 4 is 40.0 Å². The van der Waals surface area contributed by atoms with Gasteiger partial charge < -0.3 is 0 Å². The fourth-order valence-electron chi connectivity index (χ4n) is 6.05. The van der Waals surface area contributed by atoms with Gasteiger partial charge in [-0.25, -0.2) is 0 Å². The summed E-state index contributed by atoms with van der Waals surface area (Å²) >= 11 is 1.89. The monoisotopic (exact) mass is 571 g/mol. The van der Waals surface area contributed by atoms with Crippen molar-refractivity contribution in [1.82, 2.24) is 0 Å². The molecule has 0 atom stereocenters. The first-order valence-electron chi connectivity index (χ1n) is 14.5. The second-order valence-electron chi connectivity index (χ2n) is 10.9. The van der Waals surface area contributed by atoms with E-state index < -0.39 is 8.07 Å². The van der Waals surface area contributed by atoms with Crippen LogP contribution in [0.2, 0.25) is 0 Å². The topological polar surface area (TPSA) is 0 Å². The quantitative estimate of drug-likeness (QED) is 0.180. The molecule has 0 aliphatic carbocycles. The molecular formula is C40H31SSi-. The van der Waals surface area contributed by atoms with E-state index >= 15 is 0 Å². The van der Waals surface area contributed by atoms with Gasteiger partial charge in [0.05, 0.1) is 0 Å². The molecule has 0 saturated heterocycles. The van der Waals surface area contributed by atoms with Gasteiger partial charge in [-0.1, -0.05) is 0 Å². The van der Waals surface area contributed by atoms with Crippen molar-refractivity contribution in [2.45, 2.75) is 0 Å². The van der Waals surface area contributed by atoms with Gasteiger partial charge in [0.15, 0.2) is 0 Å². The fraction of sp³-hybridized carbons (Fsp3) is 0. The minimum atomic E-state index is -2.93. The first-order valence-corrected chi connectivity index (χ1v) is 17.8. The molecule has 202 valence electrons. The van der Waals surface area contributed by atoms with Crippen LogP contribution in [-0.2, 0) is 0 Å². The normalized spacial score (nSPS) is 14.9. The van der Waals surface area contributed by atoms with Crippen molar-refractivity contribution in [3.8, 4) is 22.3 Å². The average Bonchev–Trinajstić information content (AvgIpc) is 3.10. The van der Waals surface area contributed by atoms with E-state index in [1.807, 2.05) is 11.8 Å². The number of hydrogen-bond acceptors (Lipinski definition) is 1. The third kappa shape index (κ3) is 5.23. The molecule has 0 N–H and O–H groups in total. The van der Waals surface area contributed by atoms with Crippen LogP contribution in [0.4, 0.5) is 0 Å². The summed E-state index contributed by atoms with van der Waals surface area (Å²) in [4.78, 5) is 2.67. The first-order chi connectivity index (χ1) is 20.8. The number of hydrogen-bond donors (Lipinski definition) is 0. The molecule has 42 heavy (non-hydrogen) atoms. The van der Waals surface area contributed by atoms with Crippen LogP contribution in [0.5, 0.6) is 0 Å². The third-order valence-electron chi connectivity index (χ3n) is 8.30. The van der Waals surface area contributed by atoms with Gasteiger partial charge in [-0.2, -0.15) is 0 Å². The molecular weight excluding hydrogens is 541 g/mol. The SMILES string of the molecule is C1=C(c2ccccc2)SC(c2ccccc2)=C[SiH-]1(c1ccc(-c2ccccc2)cc1)c1ccc(-c2ccccc2)cc1. The van der Waals surface area contributed by atoms with Crippen LogP contribution in [0.15, 0.2) is 181 Å². The van der Waals surface area contributed by atoms with E-state index in [0.29, 0.717) is 0 Å². The maximum absolute atomic E-state index is 2.93. The molecule has 1 aliphatic heterocycles. The van der Waals surface area contributed by atoms with Crippen molar-refractivity contribution in [2.24, 2.45) is 0 Å². The van der Waals surface area contributed by atoms with Crippen LogP contribution in [-0.4, -0.2) is 8.07 Å². The summed E-state index contributed by atoms with van der Waals surface area (Å²) in [5.74, 6) is 0. The fourth-order valence-corrected chi connectivity index (χ4v) is 12.9. The van der Waals surface area contributed by atoms with Crippen molar-refractivity contribution in [3.05, 3.63) is 192 Å². The molecule has 0 aromatic heterocycles. The van der Waals surface area contributed by atoms with Gasteiger partial charge in [-0.15, -0.1) is 0 Å². The van der Waals surface area contributed by atoms with Gasteiger partial charge in [0.1, 0.15) is 0 Å². The van der Waals surface area contributed by atoms with Crippen LogP contribution in [0, 0.1) is 0 Å². The number of benzene rings is 6. The molecule has 0 amide bonds. The molecule has 6 aromatic rings. The predicted molar refractivity (Wildman–Crippen MR) is 187 cm³/mol. The van der Waals surface area contributed by atoms with Crippen molar-refractivity contribution in [1.29, 1.82) is 0 Å². The second kappa shape index (κ2) is 11.7. The summed E-state index contributed by atoms with van der Waals surface area (Å²) in [6, 6.07) is 61.8. The summed E-state index contributed by atoms with van der Waals surface area (Å²) in [6.07, 6.45) is 0. The zero-order valence-corrected chi connectivity index (χ0v) is 25.3. The van der Waals surface area contributed by atoms with E-state index in [-0.39, 0.29) is 0 Å². The molecule has 0 bridgehead atoms. The minimum absolute atomic E-state index is 1.25. The van der Waals surface area contributed by atoms with E-state index in [9.17, 15) is 0 Å². The molecule has 2 heteroatoms. The Kier molecular flexibility index (Phi) is 7.32. The zero-order valence-electron chi connectivity index (χ0n) is 23.3. The first kappa shape index (κ1) is 26.3. The predicted octanol–water partition coefficient (Wildman–Crippen LogP) is 9.22. The Labute approximate surface area is 253 Å². The Morgan fingerprint density at radius 1 is 0.286 bits per heavy atom. The van der Waals surface area contributed by atoms with Crippen LogP contribution < -0.4 is 10.4 Å². The molecule has 6 aromatic carbocycles. The molecule has 1 heterocycles. The molecule has 0 radical (unpaired) electrons. The Bertz CT molecular complexity index is 1700. The van der Waals surface area contributed by atoms with Crippen molar-refractivity contribution in [3.63, 3.8) is 0 Å². The van der Waals surface area contributed by atoms with Crippen LogP contribution in [0.25, 0.3) is 32.1 Å². The van der Waals surface area contributed by atoms with E-state index in [1.54, 1.807) is 0 Å². The number of rotatable bonds is 6. The Morgan fingerprint density at radius 3 is 0.905 bits per heavy atom. The number of thioether (sulfide) groups is 1. The Balaban J connectivity index is 1.44. The molecule has 7 rings (SSSR count). The van der Waals surface area contributed by atoms with Crippen LogP contribution >= 0.6 is 11.8 Å². The van der Waals surface area contributed by atoms with Gasteiger partial charge in [-0.05, 0) is 0 Å². The molecule has 1 aliphatic rings. The summed E-state index contributed by atoms with van der Waals surface area (Å²) in [5.41, 5.74) is 12.8. The van der Waals surface area contributed by atoms with Gasteiger partial charge in [-0.3, -0.25) is 0 Å². The van der Waals surface area contributed by atoms with Gasteiger partial charge in [0.2, 0.25) is 0 Å². The second-order valence-corrected chi connectivity index (χ2v) is 16.0. The van der Waals surface area contributed by atoms with Crippen molar-refractivity contribution in [2.75, 3.05) is 0 Å². The van der Waals surface area contributed by atoms with E-state index in [0.717, 1.165) is 0 Å². The van der Waals surface area contributed by atoms with E-state index in [4.69, 9.17) is 0 Å². The van der Waals surface area contributed by atoms with Crippen molar-refractivity contribution < 1.29 is 0 Å². The van der Waals surface area contributed by atoms with Crippen LogP contribution in [0.1, 0.15) is 11.1 Å². The summed E-state index contributed by atoms with van der Waals surface area (Å²) in [7, 11) is -2.93. The van der Waals surface area contributed by atoms with Gasteiger partial charge in [0.25, 0.3) is 0 Å². The van der Waals surface area contributed by atoms with Gasteiger partial charge in [0, 0.05) is 0 Å². The standard InChI is InChI=1S/C40H31SSi/c1-5-13-31(14-6-1)33-21-25-37(26-22-33)42(38-27-23-34(24-28-38)32-15-7-2-8-16-32)29-39(35-17-9-3-10-18-35)41-40(30-42)36-19-11-4-12-20-36/h1-30,42H/q-1.